The standard InChI is InChI=1S/C26H28N4O6/c1-3-16-8-6-7-13-26(16,28-21(31)11-12-22(32)33)29-23(34)25(2)14-18-17-9-4-5-10-19(17)27-20(18)15-30(25)24(35)36/h4-13,16,27H,3,14-15H2,1-2H3,(H,28,31)(H,29,34)(H,32,33)(H,35,36). The highest BCUT2D eigenvalue weighted by atomic mass is 16.4. The van der Waals surface area contributed by atoms with Crippen LogP contribution in [0.3, 0.4) is 0 Å². The van der Waals surface area contributed by atoms with E-state index in [4.69, 9.17) is 5.11 Å². The number of fused-ring (bicyclic) bond motifs is 3. The summed E-state index contributed by atoms with van der Waals surface area (Å²) in [6.45, 7) is 3.46. The summed E-state index contributed by atoms with van der Waals surface area (Å²) in [5, 5.41) is 25.5. The first-order chi connectivity index (χ1) is 17.1. The van der Waals surface area contributed by atoms with Crippen molar-refractivity contribution in [3.63, 3.8) is 0 Å². The normalized spacial score (nSPS) is 25.1. The molecular weight excluding hydrogens is 464 g/mol. The van der Waals surface area contributed by atoms with Crippen LogP contribution in [0, 0.1) is 5.92 Å². The molecule has 0 spiro atoms. The molecule has 1 aliphatic heterocycles. The number of hydrogen-bond donors (Lipinski definition) is 5. The van der Waals surface area contributed by atoms with Crippen molar-refractivity contribution in [2.45, 2.75) is 44.4 Å². The fraction of sp³-hybridized carbons (Fsp3) is 0.308. The molecule has 10 nitrogen and oxygen atoms in total. The van der Waals surface area contributed by atoms with Gasteiger partial charge in [-0.25, -0.2) is 9.59 Å². The van der Waals surface area contributed by atoms with Crippen LogP contribution in [0.4, 0.5) is 4.79 Å². The number of H-pyrrole nitrogens is 1. The van der Waals surface area contributed by atoms with E-state index in [9.17, 15) is 24.3 Å². The van der Waals surface area contributed by atoms with Crippen molar-refractivity contribution in [1.82, 2.24) is 20.5 Å². The second kappa shape index (κ2) is 9.37. The van der Waals surface area contributed by atoms with Gasteiger partial charge in [0.05, 0.1) is 6.54 Å². The Kier molecular flexibility index (Phi) is 6.45. The number of amides is 3. The fourth-order valence-corrected chi connectivity index (χ4v) is 5.00. The topological polar surface area (TPSA) is 152 Å². The summed E-state index contributed by atoms with van der Waals surface area (Å²) in [7, 11) is 0. The van der Waals surface area contributed by atoms with Gasteiger partial charge < -0.3 is 25.8 Å². The Balaban J connectivity index is 1.72. The highest BCUT2D eigenvalue weighted by molar-refractivity contribution is 5.96. The Labute approximate surface area is 207 Å². The molecule has 0 saturated carbocycles. The van der Waals surface area contributed by atoms with E-state index in [1.807, 2.05) is 37.3 Å². The first-order valence-corrected chi connectivity index (χ1v) is 11.6. The summed E-state index contributed by atoms with van der Waals surface area (Å²) in [6.07, 6.45) is 7.92. The highest BCUT2D eigenvalue weighted by Crippen LogP contribution is 2.37. The van der Waals surface area contributed by atoms with Crippen molar-refractivity contribution >= 4 is 34.8 Å². The minimum atomic E-state index is -1.48. The van der Waals surface area contributed by atoms with E-state index in [1.54, 1.807) is 25.2 Å². The maximum atomic E-state index is 13.9. The third kappa shape index (κ3) is 4.37. The molecular formula is C26H28N4O6. The molecule has 5 N–H and O–H groups in total. The number of aromatic nitrogens is 1. The lowest BCUT2D eigenvalue weighted by atomic mass is 9.82. The van der Waals surface area contributed by atoms with Crippen LogP contribution in [0.15, 0.2) is 60.7 Å². The van der Waals surface area contributed by atoms with Crippen LogP contribution in [0.5, 0.6) is 0 Å². The van der Waals surface area contributed by atoms with Crippen LogP contribution in [0.2, 0.25) is 0 Å². The second-order valence-electron chi connectivity index (χ2n) is 9.19. The predicted octanol–water partition coefficient (Wildman–Crippen LogP) is 2.68. The van der Waals surface area contributed by atoms with Gasteiger partial charge in [0.2, 0.25) is 11.8 Å². The predicted molar refractivity (Wildman–Crippen MR) is 132 cm³/mol. The molecule has 0 radical (unpaired) electrons. The number of hydrogen-bond acceptors (Lipinski definition) is 4. The van der Waals surface area contributed by atoms with Gasteiger partial charge in [0.15, 0.2) is 0 Å². The molecule has 2 aromatic rings. The van der Waals surface area contributed by atoms with Gasteiger partial charge in [-0.2, -0.15) is 0 Å². The van der Waals surface area contributed by atoms with Gasteiger partial charge >= 0.3 is 12.1 Å². The molecule has 0 fully saturated rings. The number of benzene rings is 1. The van der Waals surface area contributed by atoms with Crippen molar-refractivity contribution in [3.05, 3.63) is 72.0 Å². The van der Waals surface area contributed by atoms with Gasteiger partial charge in [0.1, 0.15) is 11.2 Å². The maximum Gasteiger partial charge on any atom is 0.408 e. The smallest absolute Gasteiger partial charge is 0.408 e. The Bertz CT molecular complexity index is 1320. The zero-order valence-corrected chi connectivity index (χ0v) is 19.9. The Morgan fingerprint density at radius 3 is 2.58 bits per heavy atom. The van der Waals surface area contributed by atoms with Gasteiger partial charge in [-0.3, -0.25) is 14.5 Å². The van der Waals surface area contributed by atoms with Crippen LogP contribution in [-0.2, 0) is 27.3 Å². The second-order valence-corrected chi connectivity index (χ2v) is 9.19. The zero-order chi connectivity index (χ0) is 26.1. The first-order valence-electron chi connectivity index (χ1n) is 11.6. The number of carbonyl (C=O) groups is 4. The number of allylic oxidation sites excluding steroid dienone is 2. The number of carboxylic acids is 1. The summed E-state index contributed by atoms with van der Waals surface area (Å²) in [4.78, 5) is 54.0. The number of para-hydroxylation sites is 1. The number of carboxylic acid groups (broad SMARTS) is 2. The minimum absolute atomic E-state index is 0.00305. The molecule has 3 unspecified atom stereocenters. The van der Waals surface area contributed by atoms with Crippen molar-refractivity contribution < 1.29 is 29.4 Å². The molecule has 3 amide bonds. The zero-order valence-electron chi connectivity index (χ0n) is 19.9. The van der Waals surface area contributed by atoms with E-state index in [2.05, 4.69) is 15.6 Å². The molecule has 10 heteroatoms. The summed E-state index contributed by atoms with van der Waals surface area (Å²) < 4.78 is 0. The van der Waals surface area contributed by atoms with Gasteiger partial charge in [0, 0.05) is 41.1 Å². The fourth-order valence-electron chi connectivity index (χ4n) is 5.00. The van der Waals surface area contributed by atoms with Gasteiger partial charge in [-0.1, -0.05) is 43.4 Å². The molecule has 188 valence electrons. The lowest BCUT2D eigenvalue weighted by Gasteiger charge is -2.46. The summed E-state index contributed by atoms with van der Waals surface area (Å²) in [5.41, 5.74) is -0.398. The lowest BCUT2D eigenvalue weighted by molar-refractivity contribution is -0.136. The van der Waals surface area contributed by atoms with Crippen LogP contribution in [0.25, 0.3) is 10.9 Å². The monoisotopic (exact) mass is 492 g/mol. The molecule has 36 heavy (non-hydrogen) atoms. The third-order valence-corrected chi connectivity index (χ3v) is 6.92. The van der Waals surface area contributed by atoms with E-state index in [1.165, 1.54) is 0 Å². The minimum Gasteiger partial charge on any atom is -0.478 e. The Morgan fingerprint density at radius 2 is 1.89 bits per heavy atom. The molecule has 3 atom stereocenters. The maximum absolute atomic E-state index is 13.9. The summed E-state index contributed by atoms with van der Waals surface area (Å²) in [5.74, 6) is -2.93. The van der Waals surface area contributed by atoms with Crippen LogP contribution >= 0.6 is 0 Å². The molecule has 2 heterocycles. The number of aromatic amines is 1. The average Bonchev–Trinajstić information content (AvgIpc) is 3.19. The van der Waals surface area contributed by atoms with Crippen LogP contribution in [0.1, 0.15) is 31.5 Å². The van der Waals surface area contributed by atoms with E-state index in [-0.39, 0.29) is 18.9 Å². The number of aliphatic carboxylic acids is 1. The lowest BCUT2D eigenvalue weighted by Crippen LogP contribution is -2.70. The first kappa shape index (κ1) is 24.8. The molecule has 2 aliphatic rings. The Morgan fingerprint density at radius 1 is 1.14 bits per heavy atom. The summed E-state index contributed by atoms with van der Waals surface area (Å²) >= 11 is 0. The highest BCUT2D eigenvalue weighted by Gasteiger charge is 2.50. The van der Waals surface area contributed by atoms with Crippen LogP contribution < -0.4 is 10.6 Å². The average molecular weight is 493 g/mol. The van der Waals surface area contributed by atoms with E-state index >= 15 is 0 Å². The molecule has 0 bridgehead atoms. The van der Waals surface area contributed by atoms with E-state index < -0.39 is 35.1 Å². The van der Waals surface area contributed by atoms with Crippen molar-refractivity contribution in [2.75, 3.05) is 0 Å². The van der Waals surface area contributed by atoms with Crippen molar-refractivity contribution in [1.29, 1.82) is 0 Å². The number of nitrogens with zero attached hydrogens (tertiary/aromatic N) is 1. The van der Waals surface area contributed by atoms with Crippen molar-refractivity contribution in [3.8, 4) is 0 Å². The number of rotatable bonds is 6. The molecule has 1 aliphatic carbocycles. The van der Waals surface area contributed by atoms with Gasteiger partial charge in [-0.05, 0) is 31.1 Å². The number of carbonyl (C=O) groups excluding carboxylic acids is 2. The van der Waals surface area contributed by atoms with Gasteiger partial charge in [0.25, 0.3) is 0 Å². The third-order valence-electron chi connectivity index (χ3n) is 6.92. The molecule has 0 saturated heterocycles. The van der Waals surface area contributed by atoms with Gasteiger partial charge in [-0.15, -0.1) is 0 Å². The number of nitrogens with one attached hydrogen (secondary N) is 3. The van der Waals surface area contributed by atoms with E-state index in [0.29, 0.717) is 12.5 Å². The van der Waals surface area contributed by atoms with E-state index in [0.717, 1.165) is 33.1 Å². The Hall–Kier alpha value is -4.34. The largest absolute Gasteiger partial charge is 0.478 e. The SMILES string of the molecule is CCC1C=CC=CC1(NC(=O)C=CC(=O)O)NC(=O)C1(C)Cc2c([nH]c3ccccc23)CN1C(=O)O. The molecule has 4 rings (SSSR count). The van der Waals surface area contributed by atoms with Crippen LogP contribution in [-0.4, -0.2) is 55.2 Å². The molecule has 1 aromatic carbocycles. The van der Waals surface area contributed by atoms with Crippen molar-refractivity contribution in [2.24, 2.45) is 5.92 Å². The molecule has 1 aromatic heterocycles. The summed E-state index contributed by atoms with van der Waals surface area (Å²) in [6, 6.07) is 7.59. The quantitative estimate of drug-likeness (QED) is 0.309.